The molecule has 2 N–H and O–H groups in total. The first-order chi connectivity index (χ1) is 5.36. The highest BCUT2D eigenvalue weighted by atomic mass is 16.5. The van der Waals surface area contributed by atoms with Gasteiger partial charge in [0.15, 0.2) is 0 Å². The average Bonchev–Trinajstić information content (AvgIpc) is 2.07. The third-order valence-electron chi connectivity index (χ3n) is 1.41. The Balaban J connectivity index is 2.66. The molecule has 0 aromatic carbocycles. The Kier molecular flexibility index (Phi) is 3.01. The number of ether oxygens (including phenoxy) is 1. The Morgan fingerprint density at radius 1 is 1.55 bits per heavy atom. The van der Waals surface area contributed by atoms with Crippen LogP contribution in [0.25, 0.3) is 0 Å². The Morgan fingerprint density at radius 2 is 2.36 bits per heavy atom. The van der Waals surface area contributed by atoms with Crippen LogP contribution >= 0.6 is 0 Å². The van der Waals surface area contributed by atoms with Crippen LogP contribution in [-0.2, 0) is 17.9 Å². The molecule has 1 heterocycles. The van der Waals surface area contributed by atoms with Crippen molar-refractivity contribution < 1.29 is 4.74 Å². The Hall–Kier alpha value is -0.930. The summed E-state index contributed by atoms with van der Waals surface area (Å²) in [5, 5.41) is 0. The summed E-state index contributed by atoms with van der Waals surface area (Å²) in [7, 11) is 1.65. The molecule has 60 valence electrons. The number of methoxy groups -OCH3 is 1. The normalized spacial score (nSPS) is 10.0. The van der Waals surface area contributed by atoms with Crippen LogP contribution in [0.15, 0.2) is 18.3 Å². The number of pyridine rings is 1. The van der Waals surface area contributed by atoms with Crippen molar-refractivity contribution in [2.75, 3.05) is 7.11 Å². The third-order valence-corrected chi connectivity index (χ3v) is 1.41. The minimum absolute atomic E-state index is 0.542. The maximum absolute atomic E-state index is 5.40. The van der Waals surface area contributed by atoms with Crippen molar-refractivity contribution >= 4 is 0 Å². The molecule has 0 saturated heterocycles. The molecular weight excluding hydrogens is 140 g/mol. The molecule has 0 fully saturated rings. The van der Waals surface area contributed by atoms with E-state index in [0.29, 0.717) is 13.2 Å². The molecule has 0 aliphatic rings. The number of nitrogens with two attached hydrogens (primary N) is 1. The minimum atomic E-state index is 0.542. The van der Waals surface area contributed by atoms with Crippen molar-refractivity contribution in [3.8, 4) is 0 Å². The molecule has 0 amide bonds. The third kappa shape index (κ3) is 2.29. The Bertz CT molecular complexity index is 208. The van der Waals surface area contributed by atoms with Crippen molar-refractivity contribution in [2.45, 2.75) is 13.2 Å². The molecule has 0 saturated carbocycles. The lowest BCUT2D eigenvalue weighted by Gasteiger charge is -1.99. The van der Waals surface area contributed by atoms with E-state index in [-0.39, 0.29) is 0 Å². The van der Waals surface area contributed by atoms with Crippen molar-refractivity contribution in [1.29, 1.82) is 0 Å². The quantitative estimate of drug-likeness (QED) is 0.693. The zero-order valence-electron chi connectivity index (χ0n) is 6.58. The van der Waals surface area contributed by atoms with Crippen LogP contribution in [0.5, 0.6) is 0 Å². The molecular formula is C8H12N2O. The second kappa shape index (κ2) is 4.05. The molecule has 3 nitrogen and oxygen atoms in total. The zero-order chi connectivity index (χ0) is 8.10. The van der Waals surface area contributed by atoms with E-state index in [1.54, 1.807) is 13.3 Å². The standard InChI is InChI=1S/C8H12N2O/c1-11-6-8-3-2-7(4-9)5-10-8/h2-3,5H,4,6,9H2,1H3. The summed E-state index contributed by atoms with van der Waals surface area (Å²) in [5.74, 6) is 0. The van der Waals surface area contributed by atoms with Gasteiger partial charge in [-0.05, 0) is 11.6 Å². The maximum atomic E-state index is 5.40. The second-order valence-corrected chi connectivity index (χ2v) is 2.29. The SMILES string of the molecule is COCc1ccc(CN)cn1. The molecule has 0 radical (unpaired) electrons. The van der Waals surface area contributed by atoms with E-state index >= 15 is 0 Å². The van der Waals surface area contributed by atoms with Gasteiger partial charge in [0.1, 0.15) is 0 Å². The molecule has 1 aromatic heterocycles. The van der Waals surface area contributed by atoms with Crippen molar-refractivity contribution in [1.82, 2.24) is 4.98 Å². The minimum Gasteiger partial charge on any atom is -0.378 e. The van der Waals surface area contributed by atoms with Crippen molar-refractivity contribution in [3.05, 3.63) is 29.6 Å². The monoisotopic (exact) mass is 152 g/mol. The van der Waals surface area contributed by atoms with E-state index in [0.717, 1.165) is 11.3 Å². The first-order valence-electron chi connectivity index (χ1n) is 3.49. The summed E-state index contributed by atoms with van der Waals surface area (Å²) < 4.78 is 4.91. The number of aromatic nitrogens is 1. The topological polar surface area (TPSA) is 48.1 Å². The van der Waals surface area contributed by atoms with Gasteiger partial charge in [-0.2, -0.15) is 0 Å². The van der Waals surface area contributed by atoms with Gasteiger partial charge in [0.25, 0.3) is 0 Å². The summed E-state index contributed by atoms with van der Waals surface area (Å²) in [6.07, 6.45) is 1.77. The Labute approximate surface area is 66.2 Å². The van der Waals surface area contributed by atoms with Gasteiger partial charge in [-0.25, -0.2) is 0 Å². The van der Waals surface area contributed by atoms with Crippen molar-refractivity contribution in [2.24, 2.45) is 5.73 Å². The van der Waals surface area contributed by atoms with Crippen LogP contribution in [-0.4, -0.2) is 12.1 Å². The van der Waals surface area contributed by atoms with Crippen LogP contribution in [0, 0.1) is 0 Å². The number of hydrogen-bond acceptors (Lipinski definition) is 3. The highest BCUT2D eigenvalue weighted by Gasteiger charge is 1.92. The molecule has 11 heavy (non-hydrogen) atoms. The fourth-order valence-corrected chi connectivity index (χ4v) is 0.809. The van der Waals surface area contributed by atoms with Crippen LogP contribution in [0.2, 0.25) is 0 Å². The summed E-state index contributed by atoms with van der Waals surface area (Å²) in [6.45, 7) is 1.10. The highest BCUT2D eigenvalue weighted by molar-refractivity contribution is 5.12. The van der Waals surface area contributed by atoms with E-state index in [9.17, 15) is 0 Å². The van der Waals surface area contributed by atoms with Gasteiger partial charge >= 0.3 is 0 Å². The van der Waals surface area contributed by atoms with Crippen LogP contribution in [0.1, 0.15) is 11.3 Å². The summed E-state index contributed by atoms with van der Waals surface area (Å²) in [5.41, 5.74) is 7.38. The summed E-state index contributed by atoms with van der Waals surface area (Å²) in [4.78, 5) is 4.13. The maximum Gasteiger partial charge on any atom is 0.0884 e. The predicted molar refractivity (Wildman–Crippen MR) is 42.8 cm³/mol. The van der Waals surface area contributed by atoms with Gasteiger partial charge in [0, 0.05) is 19.9 Å². The van der Waals surface area contributed by atoms with Crippen LogP contribution < -0.4 is 5.73 Å². The van der Waals surface area contributed by atoms with Crippen LogP contribution in [0.4, 0.5) is 0 Å². The lowest BCUT2D eigenvalue weighted by molar-refractivity contribution is 0.181. The van der Waals surface area contributed by atoms with E-state index < -0.39 is 0 Å². The molecule has 0 spiro atoms. The predicted octanol–water partition coefficient (Wildman–Crippen LogP) is 0.687. The Morgan fingerprint density at radius 3 is 2.82 bits per heavy atom. The van der Waals surface area contributed by atoms with Gasteiger partial charge < -0.3 is 10.5 Å². The van der Waals surface area contributed by atoms with E-state index in [4.69, 9.17) is 10.5 Å². The highest BCUT2D eigenvalue weighted by Crippen LogP contribution is 1.99. The fraction of sp³-hybridized carbons (Fsp3) is 0.375. The van der Waals surface area contributed by atoms with Gasteiger partial charge in [0.2, 0.25) is 0 Å². The summed E-state index contributed by atoms with van der Waals surface area (Å²) in [6, 6.07) is 3.88. The number of hydrogen-bond donors (Lipinski definition) is 1. The molecule has 0 aliphatic carbocycles. The molecule has 0 atom stereocenters. The van der Waals surface area contributed by atoms with Gasteiger partial charge in [0.05, 0.1) is 12.3 Å². The first kappa shape index (κ1) is 8.17. The van der Waals surface area contributed by atoms with E-state index in [2.05, 4.69) is 4.98 Å². The average molecular weight is 152 g/mol. The lowest BCUT2D eigenvalue weighted by atomic mass is 10.2. The van der Waals surface area contributed by atoms with Gasteiger partial charge in [-0.3, -0.25) is 4.98 Å². The van der Waals surface area contributed by atoms with E-state index in [1.807, 2.05) is 12.1 Å². The summed E-state index contributed by atoms with van der Waals surface area (Å²) >= 11 is 0. The van der Waals surface area contributed by atoms with Gasteiger partial charge in [-0.15, -0.1) is 0 Å². The van der Waals surface area contributed by atoms with E-state index in [1.165, 1.54) is 0 Å². The lowest BCUT2D eigenvalue weighted by Crippen LogP contribution is -1.98. The number of rotatable bonds is 3. The molecule has 0 aliphatic heterocycles. The smallest absolute Gasteiger partial charge is 0.0884 e. The molecule has 3 heteroatoms. The number of nitrogens with zero attached hydrogens (tertiary/aromatic N) is 1. The van der Waals surface area contributed by atoms with Crippen molar-refractivity contribution in [3.63, 3.8) is 0 Å². The van der Waals surface area contributed by atoms with Crippen LogP contribution in [0.3, 0.4) is 0 Å². The molecule has 0 unspecified atom stereocenters. The fourth-order valence-electron chi connectivity index (χ4n) is 0.809. The van der Waals surface area contributed by atoms with Gasteiger partial charge in [-0.1, -0.05) is 6.07 Å². The first-order valence-corrected chi connectivity index (χ1v) is 3.49. The molecule has 1 aromatic rings. The molecule has 0 bridgehead atoms. The zero-order valence-corrected chi connectivity index (χ0v) is 6.58. The second-order valence-electron chi connectivity index (χ2n) is 2.29. The molecule has 1 rings (SSSR count). The largest absolute Gasteiger partial charge is 0.378 e.